The number of halogens is 2. The van der Waals surface area contributed by atoms with Gasteiger partial charge in [-0.15, -0.1) is 0 Å². The zero-order valence-corrected chi connectivity index (χ0v) is 11.1. The topological polar surface area (TPSA) is 55.0 Å². The quantitative estimate of drug-likeness (QED) is 0.678. The molecule has 1 fully saturated rings. The van der Waals surface area contributed by atoms with E-state index < -0.39 is 0 Å². The number of hydrogen-bond donors (Lipinski definition) is 1. The molecule has 2 rings (SSSR count). The van der Waals surface area contributed by atoms with Crippen molar-refractivity contribution in [3.63, 3.8) is 0 Å². The van der Waals surface area contributed by atoms with E-state index in [2.05, 4.69) is 14.9 Å². The highest BCUT2D eigenvalue weighted by molar-refractivity contribution is 6.32. The van der Waals surface area contributed by atoms with Crippen LogP contribution in [0.2, 0.25) is 10.4 Å². The number of piperidine rings is 1. The smallest absolute Gasteiger partial charge is 0.223 e. The van der Waals surface area contributed by atoms with Gasteiger partial charge < -0.3 is 5.73 Å². The lowest BCUT2D eigenvalue weighted by Crippen LogP contribution is -2.43. The maximum absolute atomic E-state index is 6.05. The first-order valence-electron chi connectivity index (χ1n) is 5.81. The first kappa shape index (κ1) is 13.0. The normalized spacial score (nSPS) is 21.7. The van der Waals surface area contributed by atoms with Gasteiger partial charge in [0.1, 0.15) is 5.15 Å². The molecule has 1 aromatic heterocycles. The predicted octanol–water partition coefficient (Wildman–Crippen LogP) is 2.10. The Bertz CT molecular complexity index is 386. The van der Waals surface area contributed by atoms with Crippen LogP contribution < -0.4 is 5.73 Å². The summed E-state index contributed by atoms with van der Waals surface area (Å²) in [5.41, 5.74) is 6.70. The molecule has 0 aromatic carbocycles. The Morgan fingerprint density at radius 1 is 1.41 bits per heavy atom. The molecule has 1 aliphatic heterocycles. The van der Waals surface area contributed by atoms with E-state index in [1.165, 1.54) is 12.8 Å². The molecule has 2 N–H and O–H groups in total. The average molecular weight is 275 g/mol. The van der Waals surface area contributed by atoms with E-state index >= 15 is 0 Å². The zero-order valence-electron chi connectivity index (χ0n) is 9.57. The van der Waals surface area contributed by atoms with E-state index in [-0.39, 0.29) is 5.28 Å². The Balaban J connectivity index is 2.08. The Morgan fingerprint density at radius 2 is 2.24 bits per heavy atom. The highest BCUT2D eigenvalue weighted by atomic mass is 35.5. The molecule has 1 aromatic rings. The average Bonchev–Trinajstić information content (AvgIpc) is 2.33. The van der Waals surface area contributed by atoms with Crippen LogP contribution in [0, 0.1) is 0 Å². The summed E-state index contributed by atoms with van der Waals surface area (Å²) in [4.78, 5) is 10.3. The van der Waals surface area contributed by atoms with E-state index in [4.69, 9.17) is 28.9 Å². The molecule has 17 heavy (non-hydrogen) atoms. The molecule has 0 spiro atoms. The van der Waals surface area contributed by atoms with Crippen LogP contribution in [0.3, 0.4) is 0 Å². The Hall–Kier alpha value is -0.420. The van der Waals surface area contributed by atoms with E-state index in [9.17, 15) is 0 Å². The Labute approximate surface area is 111 Å². The molecule has 0 amide bonds. The first-order valence-corrected chi connectivity index (χ1v) is 6.57. The summed E-state index contributed by atoms with van der Waals surface area (Å²) in [6, 6.07) is 0.440. The molecule has 0 unspecified atom stereocenters. The van der Waals surface area contributed by atoms with Crippen molar-refractivity contribution >= 4 is 23.2 Å². The molecular weight excluding hydrogens is 259 g/mol. The monoisotopic (exact) mass is 274 g/mol. The lowest BCUT2D eigenvalue weighted by molar-refractivity contribution is 0.144. The maximum Gasteiger partial charge on any atom is 0.223 e. The number of aromatic nitrogens is 2. The zero-order chi connectivity index (χ0) is 12.3. The fourth-order valence-electron chi connectivity index (χ4n) is 2.23. The van der Waals surface area contributed by atoms with Crippen LogP contribution in [-0.4, -0.2) is 34.0 Å². The van der Waals surface area contributed by atoms with Crippen molar-refractivity contribution in [2.45, 2.75) is 31.8 Å². The van der Waals surface area contributed by atoms with Crippen molar-refractivity contribution in [2.75, 3.05) is 13.1 Å². The largest absolute Gasteiger partial charge is 0.329 e. The Kier molecular flexibility index (Phi) is 4.56. The summed E-state index contributed by atoms with van der Waals surface area (Å²) in [5, 5.41) is 0.624. The van der Waals surface area contributed by atoms with E-state index in [1.54, 1.807) is 6.20 Å². The number of nitrogens with two attached hydrogens (primary N) is 1. The summed E-state index contributed by atoms with van der Waals surface area (Å²) in [7, 11) is 0. The van der Waals surface area contributed by atoms with Crippen molar-refractivity contribution in [1.82, 2.24) is 14.9 Å². The third kappa shape index (κ3) is 3.28. The summed E-state index contributed by atoms with van der Waals surface area (Å²) >= 11 is 11.7. The van der Waals surface area contributed by atoms with Crippen molar-refractivity contribution in [3.8, 4) is 0 Å². The van der Waals surface area contributed by atoms with Crippen molar-refractivity contribution in [1.29, 1.82) is 0 Å². The van der Waals surface area contributed by atoms with Crippen LogP contribution in [0.5, 0.6) is 0 Å². The molecule has 0 bridgehead atoms. The van der Waals surface area contributed by atoms with Gasteiger partial charge >= 0.3 is 0 Å². The van der Waals surface area contributed by atoms with Gasteiger partial charge in [-0.25, -0.2) is 9.97 Å². The summed E-state index contributed by atoms with van der Waals surface area (Å²) < 4.78 is 0. The number of rotatable bonds is 3. The number of nitrogens with zero attached hydrogens (tertiary/aromatic N) is 3. The lowest BCUT2D eigenvalue weighted by Gasteiger charge is -2.34. The summed E-state index contributed by atoms with van der Waals surface area (Å²) in [6.07, 6.45) is 5.31. The molecule has 4 nitrogen and oxygen atoms in total. The highest BCUT2D eigenvalue weighted by Crippen LogP contribution is 2.22. The molecule has 94 valence electrons. The standard InChI is InChI=1S/C11H16Cl2N4/c12-10-8(6-15-11(13)16-10)7-17-4-2-1-3-9(17)5-14/h6,9H,1-5,7,14H2/t9-/m0/s1. The van der Waals surface area contributed by atoms with Crippen molar-refractivity contribution in [3.05, 3.63) is 22.2 Å². The molecule has 0 radical (unpaired) electrons. The minimum absolute atomic E-state index is 0.188. The predicted molar refractivity (Wildman–Crippen MR) is 69.2 cm³/mol. The van der Waals surface area contributed by atoms with Crippen LogP contribution in [0.4, 0.5) is 0 Å². The SMILES string of the molecule is NC[C@@H]1CCCCN1Cc1cnc(Cl)nc1Cl. The highest BCUT2D eigenvalue weighted by Gasteiger charge is 2.22. The van der Waals surface area contributed by atoms with Gasteiger partial charge in [0.25, 0.3) is 0 Å². The molecular formula is C11H16Cl2N4. The van der Waals surface area contributed by atoms with E-state index in [0.717, 1.165) is 25.1 Å². The molecule has 2 heterocycles. The third-order valence-electron chi connectivity index (χ3n) is 3.18. The minimum atomic E-state index is 0.188. The van der Waals surface area contributed by atoms with Gasteiger partial charge in [-0.05, 0) is 31.0 Å². The van der Waals surface area contributed by atoms with Gasteiger partial charge in [-0.1, -0.05) is 18.0 Å². The molecule has 1 aliphatic rings. The van der Waals surface area contributed by atoms with Gasteiger partial charge in [-0.2, -0.15) is 0 Å². The van der Waals surface area contributed by atoms with Crippen LogP contribution in [0.25, 0.3) is 0 Å². The molecule has 6 heteroatoms. The van der Waals surface area contributed by atoms with Gasteiger partial charge in [0.15, 0.2) is 0 Å². The first-order chi connectivity index (χ1) is 8.20. The fraction of sp³-hybridized carbons (Fsp3) is 0.636. The van der Waals surface area contributed by atoms with Gasteiger partial charge in [0, 0.05) is 30.9 Å². The second-order valence-electron chi connectivity index (χ2n) is 4.31. The van der Waals surface area contributed by atoms with Crippen LogP contribution >= 0.6 is 23.2 Å². The van der Waals surface area contributed by atoms with E-state index in [1.807, 2.05) is 0 Å². The second-order valence-corrected chi connectivity index (χ2v) is 5.01. The maximum atomic E-state index is 6.05. The third-order valence-corrected chi connectivity index (χ3v) is 3.69. The second kappa shape index (κ2) is 5.96. The lowest BCUT2D eigenvalue weighted by atomic mass is 10.0. The van der Waals surface area contributed by atoms with Gasteiger partial charge in [-0.3, -0.25) is 4.90 Å². The van der Waals surface area contributed by atoms with Crippen molar-refractivity contribution in [2.24, 2.45) is 5.73 Å². The minimum Gasteiger partial charge on any atom is -0.329 e. The fourth-order valence-corrected chi connectivity index (χ4v) is 2.59. The van der Waals surface area contributed by atoms with Crippen LogP contribution in [-0.2, 0) is 6.54 Å². The van der Waals surface area contributed by atoms with Crippen molar-refractivity contribution < 1.29 is 0 Å². The summed E-state index contributed by atoms with van der Waals surface area (Å²) in [6.45, 7) is 2.49. The van der Waals surface area contributed by atoms with Gasteiger partial charge in [0.05, 0.1) is 0 Å². The van der Waals surface area contributed by atoms with Gasteiger partial charge in [0.2, 0.25) is 5.28 Å². The van der Waals surface area contributed by atoms with Crippen LogP contribution in [0.15, 0.2) is 6.20 Å². The number of likely N-dealkylation sites (tertiary alicyclic amines) is 1. The van der Waals surface area contributed by atoms with Crippen LogP contribution in [0.1, 0.15) is 24.8 Å². The molecule has 1 saturated heterocycles. The molecule has 0 aliphatic carbocycles. The van der Waals surface area contributed by atoms with E-state index in [0.29, 0.717) is 17.7 Å². The summed E-state index contributed by atoms with van der Waals surface area (Å²) in [5.74, 6) is 0. The number of hydrogen-bond acceptors (Lipinski definition) is 4. The molecule has 0 saturated carbocycles. The Morgan fingerprint density at radius 3 is 2.94 bits per heavy atom. The molecule has 1 atom stereocenters.